The summed E-state index contributed by atoms with van der Waals surface area (Å²) >= 11 is 0. The fraction of sp³-hybridized carbons (Fsp3) is 0.333. The minimum atomic E-state index is -3.99. The van der Waals surface area contributed by atoms with E-state index in [0.29, 0.717) is 0 Å². The minimum Gasteiger partial charge on any atom is -0.266 e. The Morgan fingerprint density at radius 1 is 0.513 bits per heavy atom. The number of benzene rings is 3. The van der Waals surface area contributed by atoms with Crippen molar-refractivity contribution in [3.63, 3.8) is 0 Å². The van der Waals surface area contributed by atoms with Crippen LogP contribution in [0.15, 0.2) is 87.5 Å². The van der Waals surface area contributed by atoms with E-state index >= 15 is 0 Å². The maximum absolute atomic E-state index is 13.3. The first-order chi connectivity index (χ1) is 18.3. The van der Waals surface area contributed by atoms with Crippen LogP contribution < -0.4 is 0 Å². The van der Waals surface area contributed by atoms with Gasteiger partial charge in [-0.1, -0.05) is 53.1 Å². The van der Waals surface area contributed by atoms with Gasteiger partial charge in [-0.25, -0.2) is 8.42 Å². The van der Waals surface area contributed by atoms with Gasteiger partial charge in [-0.2, -0.15) is 21.1 Å². The fourth-order valence-electron chi connectivity index (χ4n) is 3.58. The van der Waals surface area contributed by atoms with Gasteiger partial charge in [0.15, 0.2) is 0 Å². The van der Waals surface area contributed by atoms with Gasteiger partial charge in [0.25, 0.3) is 20.2 Å². The highest BCUT2D eigenvalue weighted by Crippen LogP contribution is 2.19. The molecule has 212 valence electrons. The van der Waals surface area contributed by atoms with Crippen molar-refractivity contribution in [3.8, 4) is 0 Å². The number of hydrogen-bond donors (Lipinski definition) is 0. The molecule has 9 nitrogen and oxygen atoms in total. The minimum absolute atomic E-state index is 0.0177. The highest BCUT2D eigenvalue weighted by Gasteiger charge is 2.25. The number of rotatable bonds is 14. The molecule has 3 rings (SSSR count). The Hall–Kier alpha value is -2.61. The molecule has 0 aliphatic heterocycles. The predicted octanol–water partition coefficient (Wildman–Crippen LogP) is 4.19. The normalized spacial score (nSPS) is 12.6. The van der Waals surface area contributed by atoms with Crippen LogP contribution in [0.3, 0.4) is 0 Å². The molecule has 0 aliphatic rings. The molecule has 0 aliphatic carbocycles. The Balaban J connectivity index is 1.64. The van der Waals surface area contributed by atoms with E-state index in [0.717, 1.165) is 16.7 Å². The number of aryl methyl sites for hydroxylation is 3. The van der Waals surface area contributed by atoms with Crippen molar-refractivity contribution < 1.29 is 33.6 Å². The van der Waals surface area contributed by atoms with Crippen LogP contribution in [0.2, 0.25) is 0 Å². The van der Waals surface area contributed by atoms with Crippen molar-refractivity contribution in [3.05, 3.63) is 89.5 Å². The zero-order valence-electron chi connectivity index (χ0n) is 22.1. The van der Waals surface area contributed by atoms with Crippen LogP contribution in [0, 0.1) is 20.8 Å². The standard InChI is InChI=1S/C27H33NO8S3/c1-22-6-12-25(13-7-22)37(29,30)28(18-4-20-35-38(31,32)26-14-8-23(2)9-15-26)19-5-21-36-39(33,34)27-16-10-24(3)11-17-27/h6-17H,4-5,18-21H2,1-3H3. The van der Waals surface area contributed by atoms with Crippen LogP contribution in [0.25, 0.3) is 0 Å². The van der Waals surface area contributed by atoms with E-state index in [2.05, 4.69) is 0 Å². The van der Waals surface area contributed by atoms with Crippen molar-refractivity contribution in [2.24, 2.45) is 0 Å². The number of nitrogens with zero attached hydrogens (tertiary/aromatic N) is 1. The van der Waals surface area contributed by atoms with Crippen LogP contribution in [0.1, 0.15) is 29.5 Å². The van der Waals surface area contributed by atoms with Crippen molar-refractivity contribution in [1.29, 1.82) is 0 Å². The molecule has 39 heavy (non-hydrogen) atoms. The van der Waals surface area contributed by atoms with Gasteiger partial charge in [-0.05, 0) is 70.0 Å². The second-order valence-corrected chi connectivity index (χ2v) is 14.3. The molecular weight excluding hydrogens is 562 g/mol. The SMILES string of the molecule is Cc1ccc(S(=O)(=O)OCCCN(CCCOS(=O)(=O)c2ccc(C)cc2)S(=O)(=O)c2ccc(C)cc2)cc1. The Kier molecular flexibility index (Phi) is 10.4. The molecule has 3 aromatic carbocycles. The largest absolute Gasteiger partial charge is 0.296 e. The van der Waals surface area contributed by atoms with Gasteiger partial charge in [0.05, 0.1) is 27.9 Å². The lowest BCUT2D eigenvalue weighted by Gasteiger charge is -2.22. The van der Waals surface area contributed by atoms with E-state index in [9.17, 15) is 25.3 Å². The molecule has 12 heteroatoms. The molecule has 0 aromatic heterocycles. The van der Waals surface area contributed by atoms with E-state index in [-0.39, 0.29) is 53.8 Å². The van der Waals surface area contributed by atoms with E-state index in [4.69, 9.17) is 8.37 Å². The van der Waals surface area contributed by atoms with Gasteiger partial charge in [-0.15, -0.1) is 0 Å². The highest BCUT2D eigenvalue weighted by atomic mass is 32.2. The van der Waals surface area contributed by atoms with E-state index in [1.165, 1.54) is 40.7 Å². The summed E-state index contributed by atoms with van der Waals surface area (Å²) in [5.41, 5.74) is 2.70. The van der Waals surface area contributed by atoms with E-state index in [1.54, 1.807) is 36.4 Å². The quantitative estimate of drug-likeness (QED) is 0.201. The monoisotopic (exact) mass is 595 g/mol. The molecule has 0 heterocycles. The molecule has 0 amide bonds. The fourth-order valence-corrected chi connectivity index (χ4v) is 6.98. The molecule has 0 bridgehead atoms. The van der Waals surface area contributed by atoms with E-state index < -0.39 is 30.3 Å². The van der Waals surface area contributed by atoms with Gasteiger partial charge in [0.1, 0.15) is 0 Å². The first kappa shape index (κ1) is 30.9. The Morgan fingerprint density at radius 3 is 1.15 bits per heavy atom. The zero-order valence-corrected chi connectivity index (χ0v) is 24.6. The second kappa shape index (κ2) is 13.2. The van der Waals surface area contributed by atoms with Crippen LogP contribution >= 0.6 is 0 Å². The lowest BCUT2D eigenvalue weighted by Crippen LogP contribution is -2.34. The number of hydrogen-bond acceptors (Lipinski definition) is 8. The summed E-state index contributed by atoms with van der Waals surface area (Å²) in [5, 5.41) is 0. The molecule has 0 saturated heterocycles. The Labute approximate surface area is 231 Å². The van der Waals surface area contributed by atoms with Crippen LogP contribution in [0.5, 0.6) is 0 Å². The first-order valence-corrected chi connectivity index (χ1v) is 16.6. The third-order valence-corrected chi connectivity index (χ3v) is 10.4. The molecule has 0 N–H and O–H groups in total. The summed E-state index contributed by atoms with van der Waals surface area (Å²) in [4.78, 5) is 0.114. The topological polar surface area (TPSA) is 124 Å². The smallest absolute Gasteiger partial charge is 0.266 e. The maximum Gasteiger partial charge on any atom is 0.296 e. The summed E-state index contributed by atoms with van der Waals surface area (Å²) < 4.78 is 87.9. The lowest BCUT2D eigenvalue weighted by atomic mass is 10.2. The summed E-state index contributed by atoms with van der Waals surface area (Å²) in [6, 6.07) is 18.8. The predicted molar refractivity (Wildman–Crippen MR) is 148 cm³/mol. The van der Waals surface area contributed by atoms with Gasteiger partial charge in [-0.3, -0.25) is 8.37 Å². The molecule has 0 radical (unpaired) electrons. The third-order valence-electron chi connectivity index (χ3n) is 5.86. The van der Waals surface area contributed by atoms with Crippen molar-refractivity contribution >= 4 is 30.3 Å². The molecule has 0 unspecified atom stereocenters. The molecular formula is C27H33NO8S3. The van der Waals surface area contributed by atoms with Crippen molar-refractivity contribution in [2.45, 2.75) is 48.3 Å². The van der Waals surface area contributed by atoms with Crippen molar-refractivity contribution in [1.82, 2.24) is 4.31 Å². The average Bonchev–Trinajstić information content (AvgIpc) is 2.88. The second-order valence-electron chi connectivity index (χ2n) is 9.10. The molecule has 0 spiro atoms. The summed E-state index contributed by atoms with van der Waals surface area (Å²) in [5.74, 6) is 0. The van der Waals surface area contributed by atoms with Crippen molar-refractivity contribution in [2.75, 3.05) is 26.3 Å². The molecule has 0 fully saturated rings. The van der Waals surface area contributed by atoms with Gasteiger partial charge < -0.3 is 0 Å². The van der Waals surface area contributed by atoms with Gasteiger partial charge in [0, 0.05) is 13.1 Å². The first-order valence-electron chi connectivity index (χ1n) is 12.3. The van der Waals surface area contributed by atoms with Crippen LogP contribution in [-0.2, 0) is 38.6 Å². The summed E-state index contributed by atoms with van der Waals surface area (Å²) in [6.07, 6.45) is 0.192. The van der Waals surface area contributed by atoms with Crippen LogP contribution in [0.4, 0.5) is 0 Å². The molecule has 3 aromatic rings. The number of sulfonamides is 1. The summed E-state index contributed by atoms with van der Waals surface area (Å²) in [7, 11) is -11.9. The van der Waals surface area contributed by atoms with Gasteiger partial charge >= 0.3 is 0 Å². The zero-order chi connectivity index (χ0) is 28.7. The third kappa shape index (κ3) is 8.69. The Morgan fingerprint density at radius 2 is 0.821 bits per heavy atom. The maximum atomic E-state index is 13.3. The summed E-state index contributed by atoms with van der Waals surface area (Å²) in [6.45, 7) is 4.98. The van der Waals surface area contributed by atoms with E-state index in [1.807, 2.05) is 20.8 Å². The average molecular weight is 596 g/mol. The highest BCUT2D eigenvalue weighted by molar-refractivity contribution is 7.89. The molecule has 0 saturated carbocycles. The lowest BCUT2D eigenvalue weighted by molar-refractivity contribution is 0.272. The molecule has 0 atom stereocenters. The van der Waals surface area contributed by atoms with Crippen LogP contribution in [-0.4, -0.2) is 55.9 Å². The van der Waals surface area contributed by atoms with Gasteiger partial charge in [0.2, 0.25) is 10.0 Å². The Bertz CT molecular complexity index is 1470.